The van der Waals surface area contributed by atoms with E-state index in [9.17, 15) is 0 Å². The topological polar surface area (TPSA) is 6.48 Å². The van der Waals surface area contributed by atoms with Crippen LogP contribution in [0.1, 0.15) is 52.4 Å². The largest absolute Gasteiger partial charge is 0.298 e. The fraction of sp³-hybridized carbons (Fsp3) is 1.00. The van der Waals surface area contributed by atoms with Gasteiger partial charge < -0.3 is 0 Å². The molecule has 92 valence electrons. The molecule has 0 spiro atoms. The Kier molecular flexibility index (Phi) is 2.75. The first-order valence-corrected chi connectivity index (χ1v) is 7.20. The van der Waals surface area contributed by atoms with E-state index in [0.717, 1.165) is 12.1 Å². The smallest absolute Gasteiger partial charge is 0.0224 e. The number of nitrogens with zero attached hydrogens (tertiary/aromatic N) is 2. The lowest BCUT2D eigenvalue weighted by atomic mass is 9.75. The number of rotatable bonds is 1. The number of fused-ring (bicyclic) bond motifs is 1. The van der Waals surface area contributed by atoms with Crippen LogP contribution in [0.4, 0.5) is 0 Å². The number of hydrogen-bond donors (Lipinski definition) is 0. The summed E-state index contributed by atoms with van der Waals surface area (Å²) in [5.41, 5.74) is 0.558. The third-order valence-electron chi connectivity index (χ3n) is 5.31. The Bertz CT molecular complexity index is 259. The van der Waals surface area contributed by atoms with E-state index in [1.54, 1.807) is 0 Å². The van der Waals surface area contributed by atoms with Crippen molar-refractivity contribution in [1.29, 1.82) is 0 Å². The van der Waals surface area contributed by atoms with Crippen molar-refractivity contribution in [2.75, 3.05) is 19.6 Å². The van der Waals surface area contributed by atoms with Gasteiger partial charge in [-0.3, -0.25) is 9.80 Å². The lowest BCUT2D eigenvalue weighted by molar-refractivity contribution is -0.0709. The lowest BCUT2D eigenvalue weighted by Gasteiger charge is -2.57. The summed E-state index contributed by atoms with van der Waals surface area (Å²) in [6, 6.07) is 1.65. The van der Waals surface area contributed by atoms with Crippen molar-refractivity contribution in [3.63, 3.8) is 0 Å². The van der Waals surface area contributed by atoms with Crippen LogP contribution in [0.15, 0.2) is 0 Å². The summed E-state index contributed by atoms with van der Waals surface area (Å²) in [4.78, 5) is 5.59. The van der Waals surface area contributed by atoms with Crippen LogP contribution in [-0.4, -0.2) is 47.1 Å². The van der Waals surface area contributed by atoms with Crippen LogP contribution < -0.4 is 0 Å². The van der Waals surface area contributed by atoms with Crippen molar-refractivity contribution in [2.24, 2.45) is 0 Å². The van der Waals surface area contributed by atoms with E-state index >= 15 is 0 Å². The van der Waals surface area contributed by atoms with E-state index < -0.39 is 0 Å². The first-order valence-electron chi connectivity index (χ1n) is 7.20. The zero-order valence-corrected chi connectivity index (χ0v) is 10.9. The lowest BCUT2D eigenvalue weighted by Crippen LogP contribution is -2.66. The first-order chi connectivity index (χ1) is 7.69. The molecule has 2 heterocycles. The van der Waals surface area contributed by atoms with Crippen molar-refractivity contribution in [3.8, 4) is 0 Å². The Balaban J connectivity index is 1.71. The van der Waals surface area contributed by atoms with Gasteiger partial charge in [0, 0.05) is 30.7 Å². The number of hydrogen-bond acceptors (Lipinski definition) is 2. The zero-order chi connectivity index (χ0) is 11.2. The van der Waals surface area contributed by atoms with Gasteiger partial charge in [-0.05, 0) is 52.5 Å². The van der Waals surface area contributed by atoms with Crippen LogP contribution in [-0.2, 0) is 0 Å². The zero-order valence-electron chi connectivity index (χ0n) is 10.9. The second-order valence-electron chi connectivity index (χ2n) is 6.50. The van der Waals surface area contributed by atoms with Crippen molar-refractivity contribution in [1.82, 2.24) is 9.80 Å². The maximum atomic E-state index is 2.84. The van der Waals surface area contributed by atoms with Crippen LogP contribution in [0.2, 0.25) is 0 Å². The highest BCUT2D eigenvalue weighted by Gasteiger charge is 2.44. The molecule has 2 heteroatoms. The molecule has 3 fully saturated rings. The maximum Gasteiger partial charge on any atom is 0.0224 e. The van der Waals surface area contributed by atoms with Crippen molar-refractivity contribution in [3.05, 3.63) is 0 Å². The van der Waals surface area contributed by atoms with Crippen LogP contribution >= 0.6 is 0 Å². The first kappa shape index (κ1) is 11.0. The molecule has 0 aromatic heterocycles. The number of piperidine rings is 1. The fourth-order valence-corrected chi connectivity index (χ4v) is 4.08. The molecule has 2 nitrogen and oxygen atoms in total. The Labute approximate surface area is 100.0 Å². The average molecular weight is 222 g/mol. The minimum atomic E-state index is 0.558. The van der Waals surface area contributed by atoms with Gasteiger partial charge in [-0.25, -0.2) is 0 Å². The van der Waals surface area contributed by atoms with Gasteiger partial charge in [-0.2, -0.15) is 0 Å². The van der Waals surface area contributed by atoms with Crippen LogP contribution in [0.3, 0.4) is 0 Å². The summed E-state index contributed by atoms with van der Waals surface area (Å²) >= 11 is 0. The molecule has 1 aliphatic carbocycles. The second-order valence-corrected chi connectivity index (χ2v) is 6.50. The molecule has 2 unspecified atom stereocenters. The summed E-state index contributed by atoms with van der Waals surface area (Å²) in [5, 5.41) is 0. The predicted molar refractivity (Wildman–Crippen MR) is 67.6 cm³/mol. The number of piperazine rings is 1. The normalized spacial score (nSPS) is 40.1. The molecule has 2 aliphatic heterocycles. The van der Waals surface area contributed by atoms with E-state index in [1.807, 2.05) is 0 Å². The molecule has 0 amide bonds. The van der Waals surface area contributed by atoms with Crippen molar-refractivity contribution >= 4 is 0 Å². The van der Waals surface area contributed by atoms with E-state index in [2.05, 4.69) is 23.6 Å². The fourth-order valence-electron chi connectivity index (χ4n) is 4.08. The highest BCUT2D eigenvalue weighted by molar-refractivity contribution is 5.01. The molecule has 0 bridgehead atoms. The molecule has 0 aromatic carbocycles. The van der Waals surface area contributed by atoms with Crippen molar-refractivity contribution < 1.29 is 0 Å². The molecular weight excluding hydrogens is 196 g/mol. The van der Waals surface area contributed by atoms with Crippen LogP contribution in [0, 0.1) is 0 Å². The van der Waals surface area contributed by atoms with E-state index in [4.69, 9.17) is 0 Å². The van der Waals surface area contributed by atoms with E-state index in [-0.39, 0.29) is 0 Å². The summed E-state index contributed by atoms with van der Waals surface area (Å²) in [5.74, 6) is 0. The quantitative estimate of drug-likeness (QED) is 0.672. The van der Waals surface area contributed by atoms with Gasteiger partial charge >= 0.3 is 0 Å². The molecule has 1 saturated carbocycles. The Hall–Kier alpha value is -0.0800. The molecular formula is C14H26N2. The van der Waals surface area contributed by atoms with Gasteiger partial charge in [0.15, 0.2) is 0 Å². The molecule has 0 N–H and O–H groups in total. The SMILES string of the molecule is CC1CN2CCCCC2CN1C1(C)CCC1. The van der Waals surface area contributed by atoms with E-state index in [0.29, 0.717) is 5.54 Å². The molecule has 3 rings (SSSR count). The summed E-state index contributed by atoms with van der Waals surface area (Å²) in [7, 11) is 0. The van der Waals surface area contributed by atoms with Crippen molar-refractivity contribution in [2.45, 2.75) is 70.0 Å². The molecule has 0 radical (unpaired) electrons. The molecule has 0 aromatic rings. The van der Waals surface area contributed by atoms with Gasteiger partial charge in [0.1, 0.15) is 0 Å². The highest BCUT2D eigenvalue weighted by Crippen LogP contribution is 2.40. The third kappa shape index (κ3) is 1.70. The van der Waals surface area contributed by atoms with Gasteiger partial charge in [-0.15, -0.1) is 0 Å². The monoisotopic (exact) mass is 222 g/mol. The summed E-state index contributed by atoms with van der Waals surface area (Å²) in [6.45, 7) is 8.96. The summed E-state index contributed by atoms with van der Waals surface area (Å²) in [6.07, 6.45) is 8.65. The molecule has 2 atom stereocenters. The van der Waals surface area contributed by atoms with Crippen LogP contribution in [0.5, 0.6) is 0 Å². The Morgan fingerprint density at radius 2 is 1.88 bits per heavy atom. The second kappa shape index (κ2) is 3.99. The third-order valence-corrected chi connectivity index (χ3v) is 5.31. The highest BCUT2D eigenvalue weighted by atomic mass is 15.3. The van der Waals surface area contributed by atoms with Gasteiger partial charge in [0.25, 0.3) is 0 Å². The summed E-state index contributed by atoms with van der Waals surface area (Å²) < 4.78 is 0. The van der Waals surface area contributed by atoms with Crippen LogP contribution in [0.25, 0.3) is 0 Å². The average Bonchev–Trinajstić information content (AvgIpc) is 2.25. The maximum absolute atomic E-state index is 2.84. The minimum absolute atomic E-state index is 0.558. The Morgan fingerprint density at radius 3 is 2.56 bits per heavy atom. The van der Waals surface area contributed by atoms with Gasteiger partial charge in [0.05, 0.1) is 0 Å². The Morgan fingerprint density at radius 1 is 1.06 bits per heavy atom. The molecule has 3 aliphatic rings. The van der Waals surface area contributed by atoms with E-state index in [1.165, 1.54) is 58.2 Å². The minimum Gasteiger partial charge on any atom is -0.298 e. The van der Waals surface area contributed by atoms with Gasteiger partial charge in [-0.1, -0.05) is 6.42 Å². The molecule has 2 saturated heterocycles. The molecule has 16 heavy (non-hydrogen) atoms. The van der Waals surface area contributed by atoms with Gasteiger partial charge in [0.2, 0.25) is 0 Å². The predicted octanol–water partition coefficient (Wildman–Crippen LogP) is 2.49. The standard InChI is InChI=1S/C14H26N2/c1-12-10-15-9-4-3-6-13(15)11-16(12)14(2)7-5-8-14/h12-13H,3-11H2,1-2H3.